The molecule has 2 atom stereocenters. The highest BCUT2D eigenvalue weighted by molar-refractivity contribution is 5.87. The Bertz CT molecular complexity index is 1450. The van der Waals surface area contributed by atoms with Crippen LogP contribution in [0.5, 0.6) is 0 Å². The van der Waals surface area contributed by atoms with Gasteiger partial charge in [-0.25, -0.2) is 4.98 Å². The second-order valence-corrected chi connectivity index (χ2v) is 8.28. The number of aliphatic hydroxyl groups is 2. The van der Waals surface area contributed by atoms with Gasteiger partial charge < -0.3 is 10.2 Å². The molecule has 4 aromatic carbocycles. The minimum absolute atomic E-state index is 0.590. The van der Waals surface area contributed by atoms with Crippen LogP contribution in [0.4, 0.5) is 0 Å². The molecule has 0 fully saturated rings. The van der Waals surface area contributed by atoms with E-state index in [1.165, 1.54) is 0 Å². The third-order valence-corrected chi connectivity index (χ3v) is 6.59. The van der Waals surface area contributed by atoms with E-state index in [1.54, 1.807) is 0 Å². The summed E-state index contributed by atoms with van der Waals surface area (Å²) in [6, 6.07) is 36.3. The van der Waals surface area contributed by atoms with Gasteiger partial charge in [0.1, 0.15) is 0 Å². The Hall–Kier alpha value is -3.79. The summed E-state index contributed by atoms with van der Waals surface area (Å²) in [6.07, 6.45) is 0. The lowest BCUT2D eigenvalue weighted by Gasteiger charge is -2.49. The van der Waals surface area contributed by atoms with Crippen LogP contribution in [-0.2, 0) is 11.2 Å². The summed E-state index contributed by atoms with van der Waals surface area (Å²) in [5.41, 5.74) is 1.34. The molecule has 0 saturated heterocycles. The average molecular weight is 415 g/mol. The van der Waals surface area contributed by atoms with E-state index in [0.717, 1.165) is 16.5 Å². The first-order valence-electron chi connectivity index (χ1n) is 10.7. The molecule has 0 spiro atoms. The molecule has 1 heterocycles. The number of rotatable bonds is 2. The first-order chi connectivity index (χ1) is 15.6. The summed E-state index contributed by atoms with van der Waals surface area (Å²) in [7, 11) is 0. The number of nitrogens with zero attached hydrogens (tertiary/aromatic N) is 1. The molecule has 0 radical (unpaired) electrons. The lowest BCUT2D eigenvalue weighted by Crippen LogP contribution is -2.53. The number of fused-ring (bicyclic) bond motifs is 4. The third-order valence-electron chi connectivity index (χ3n) is 6.59. The molecular weight excluding hydrogens is 394 g/mol. The van der Waals surface area contributed by atoms with Crippen LogP contribution in [0.1, 0.15) is 22.3 Å². The fourth-order valence-electron chi connectivity index (χ4n) is 5.08. The minimum Gasteiger partial charge on any atom is -0.377 e. The lowest BCUT2D eigenvalue weighted by molar-refractivity contribution is -0.114. The Morgan fingerprint density at radius 3 is 1.75 bits per heavy atom. The lowest BCUT2D eigenvalue weighted by atomic mass is 9.61. The first-order valence-corrected chi connectivity index (χ1v) is 10.7. The Kier molecular flexibility index (Phi) is 4.06. The molecule has 154 valence electrons. The Morgan fingerprint density at radius 2 is 1.06 bits per heavy atom. The summed E-state index contributed by atoms with van der Waals surface area (Å²) < 4.78 is 0. The highest BCUT2D eigenvalue weighted by Crippen LogP contribution is 2.57. The van der Waals surface area contributed by atoms with Crippen molar-refractivity contribution in [2.75, 3.05) is 0 Å². The van der Waals surface area contributed by atoms with Gasteiger partial charge in [-0.05, 0) is 23.3 Å². The standard InChI is InChI=1S/C29H21NO2/c31-28(21-12-3-1-4-13-21)24-17-9-8-16-23(24)27-25(19-20-11-7-10-18-26(20)30-27)29(28,32)22-14-5-2-6-15-22/h1-19,31-32H/t28-,29-/m1/s1. The Balaban J connectivity index is 1.82. The topological polar surface area (TPSA) is 53.4 Å². The van der Waals surface area contributed by atoms with Crippen molar-refractivity contribution in [2.24, 2.45) is 0 Å². The van der Waals surface area contributed by atoms with Gasteiger partial charge >= 0.3 is 0 Å². The highest BCUT2D eigenvalue weighted by atomic mass is 16.4. The van der Waals surface area contributed by atoms with Crippen molar-refractivity contribution in [1.82, 2.24) is 4.98 Å². The molecule has 3 nitrogen and oxygen atoms in total. The van der Waals surface area contributed by atoms with Gasteiger partial charge in [-0.3, -0.25) is 0 Å². The van der Waals surface area contributed by atoms with Gasteiger partial charge in [-0.1, -0.05) is 103 Å². The summed E-state index contributed by atoms with van der Waals surface area (Å²) in [5.74, 6) is 0. The summed E-state index contributed by atoms with van der Waals surface area (Å²) in [6.45, 7) is 0. The van der Waals surface area contributed by atoms with Gasteiger partial charge in [0.25, 0.3) is 0 Å². The van der Waals surface area contributed by atoms with Crippen LogP contribution < -0.4 is 0 Å². The van der Waals surface area contributed by atoms with Gasteiger partial charge in [-0.15, -0.1) is 0 Å². The number of hydrogen-bond acceptors (Lipinski definition) is 3. The summed E-state index contributed by atoms with van der Waals surface area (Å²) in [4.78, 5) is 4.97. The van der Waals surface area contributed by atoms with Crippen LogP contribution in [-0.4, -0.2) is 15.2 Å². The van der Waals surface area contributed by atoms with Gasteiger partial charge in [0, 0.05) is 22.1 Å². The predicted octanol–water partition coefficient (Wildman–Crippen LogP) is 5.39. The normalized spacial score (nSPS) is 21.7. The van der Waals surface area contributed by atoms with E-state index in [4.69, 9.17) is 4.98 Å². The fraction of sp³-hybridized carbons (Fsp3) is 0.0690. The second-order valence-electron chi connectivity index (χ2n) is 8.28. The highest BCUT2D eigenvalue weighted by Gasteiger charge is 2.58. The monoisotopic (exact) mass is 415 g/mol. The van der Waals surface area contributed by atoms with Crippen LogP contribution in [0.2, 0.25) is 0 Å². The van der Waals surface area contributed by atoms with Crippen molar-refractivity contribution < 1.29 is 10.2 Å². The molecule has 5 aromatic rings. The van der Waals surface area contributed by atoms with Gasteiger partial charge in [0.05, 0.1) is 11.2 Å². The zero-order chi connectivity index (χ0) is 21.8. The minimum atomic E-state index is -1.75. The van der Waals surface area contributed by atoms with E-state index >= 15 is 0 Å². The molecule has 6 rings (SSSR count). The number of hydrogen-bond donors (Lipinski definition) is 2. The van der Waals surface area contributed by atoms with E-state index in [9.17, 15) is 10.2 Å². The average Bonchev–Trinajstić information content (AvgIpc) is 2.87. The quantitative estimate of drug-likeness (QED) is 0.407. The maximum Gasteiger partial charge on any atom is 0.154 e. The number of aromatic nitrogens is 1. The van der Waals surface area contributed by atoms with Crippen molar-refractivity contribution in [2.45, 2.75) is 11.2 Å². The zero-order valence-electron chi connectivity index (χ0n) is 17.3. The fourth-order valence-corrected chi connectivity index (χ4v) is 5.08. The van der Waals surface area contributed by atoms with E-state index < -0.39 is 11.2 Å². The van der Waals surface area contributed by atoms with Crippen molar-refractivity contribution in [3.8, 4) is 11.3 Å². The Labute approximate surface area is 186 Å². The van der Waals surface area contributed by atoms with Gasteiger partial charge in [0.2, 0.25) is 0 Å². The van der Waals surface area contributed by atoms with Crippen LogP contribution in [0.25, 0.3) is 22.2 Å². The SMILES string of the molecule is O[C@]1(c2ccccc2)c2ccccc2-c2nc3ccccc3cc2[C@]1(O)c1ccccc1. The van der Waals surface area contributed by atoms with Crippen molar-refractivity contribution in [3.63, 3.8) is 0 Å². The maximum atomic E-state index is 12.7. The van der Waals surface area contributed by atoms with Crippen molar-refractivity contribution >= 4 is 10.9 Å². The first kappa shape index (κ1) is 18.9. The number of benzene rings is 4. The van der Waals surface area contributed by atoms with Crippen LogP contribution in [0, 0.1) is 0 Å². The third kappa shape index (κ3) is 2.41. The molecule has 1 aliphatic carbocycles. The van der Waals surface area contributed by atoms with E-state index in [0.29, 0.717) is 27.9 Å². The molecule has 2 N–H and O–H groups in total. The molecule has 0 saturated carbocycles. The zero-order valence-corrected chi connectivity index (χ0v) is 17.3. The van der Waals surface area contributed by atoms with Crippen molar-refractivity contribution in [3.05, 3.63) is 138 Å². The van der Waals surface area contributed by atoms with Gasteiger partial charge in [-0.2, -0.15) is 0 Å². The molecule has 0 bridgehead atoms. The van der Waals surface area contributed by atoms with Crippen molar-refractivity contribution in [1.29, 1.82) is 0 Å². The van der Waals surface area contributed by atoms with Crippen LogP contribution in [0.3, 0.4) is 0 Å². The summed E-state index contributed by atoms with van der Waals surface area (Å²) in [5, 5.41) is 26.2. The molecule has 3 heteroatoms. The predicted molar refractivity (Wildman–Crippen MR) is 126 cm³/mol. The smallest absolute Gasteiger partial charge is 0.154 e. The van der Waals surface area contributed by atoms with E-state index in [1.807, 2.05) is 115 Å². The molecule has 0 aliphatic heterocycles. The molecule has 1 aliphatic rings. The molecule has 0 amide bonds. The second kappa shape index (κ2) is 6.86. The number of pyridine rings is 1. The molecule has 0 unspecified atom stereocenters. The van der Waals surface area contributed by atoms with Gasteiger partial charge in [0.15, 0.2) is 11.2 Å². The molecular formula is C29H21NO2. The summed E-state index contributed by atoms with van der Waals surface area (Å²) >= 11 is 0. The largest absolute Gasteiger partial charge is 0.377 e. The molecule has 1 aromatic heterocycles. The maximum absolute atomic E-state index is 12.7. The van der Waals surface area contributed by atoms with E-state index in [2.05, 4.69) is 0 Å². The van der Waals surface area contributed by atoms with Crippen LogP contribution >= 0.6 is 0 Å². The van der Waals surface area contributed by atoms with E-state index in [-0.39, 0.29) is 0 Å². The Morgan fingerprint density at radius 1 is 0.531 bits per heavy atom. The number of para-hydroxylation sites is 1. The molecule has 32 heavy (non-hydrogen) atoms. The van der Waals surface area contributed by atoms with Crippen LogP contribution in [0.15, 0.2) is 115 Å².